The van der Waals surface area contributed by atoms with Gasteiger partial charge < -0.3 is 14.9 Å². The number of amides is 1. The summed E-state index contributed by atoms with van der Waals surface area (Å²) in [5.41, 5.74) is 0.499. The lowest BCUT2D eigenvalue weighted by Gasteiger charge is -2.17. The first-order valence-corrected chi connectivity index (χ1v) is 7.38. The Morgan fingerprint density at radius 3 is 2.30 bits per heavy atom. The smallest absolute Gasteiger partial charge is 0.433 e. The van der Waals surface area contributed by atoms with Gasteiger partial charge in [0.05, 0.1) is 0 Å². The summed E-state index contributed by atoms with van der Waals surface area (Å²) in [7, 11) is 0. The van der Waals surface area contributed by atoms with Gasteiger partial charge in [0.2, 0.25) is 0 Å². The highest BCUT2D eigenvalue weighted by molar-refractivity contribution is 5.96. The van der Waals surface area contributed by atoms with E-state index in [4.69, 9.17) is 4.74 Å². The molecule has 2 rings (SSSR count). The number of hydrogen-bond acceptors (Lipinski definition) is 4. The van der Waals surface area contributed by atoms with E-state index in [-0.39, 0.29) is 17.9 Å². The molecule has 0 bridgehead atoms. The van der Waals surface area contributed by atoms with Crippen molar-refractivity contribution in [2.24, 2.45) is 4.99 Å². The van der Waals surface area contributed by atoms with Gasteiger partial charge in [-0.1, -0.05) is 24.3 Å². The van der Waals surface area contributed by atoms with Gasteiger partial charge >= 0.3 is 6.09 Å². The number of phenolic OH excluding ortho intramolecular Hbond substituents is 2. The predicted molar refractivity (Wildman–Crippen MR) is 90.4 cm³/mol. The third-order valence-corrected chi connectivity index (χ3v) is 3.42. The number of rotatable bonds is 2. The highest BCUT2D eigenvalue weighted by Gasteiger charge is 2.16. The lowest BCUT2D eigenvalue weighted by atomic mass is 9.97. The second-order valence-corrected chi connectivity index (χ2v) is 6.34. The molecule has 0 heterocycles. The Balaban J connectivity index is 2.29. The molecule has 0 aromatic heterocycles. The summed E-state index contributed by atoms with van der Waals surface area (Å²) in [6, 6.07) is 7.06. The zero-order valence-corrected chi connectivity index (χ0v) is 13.8. The Labute approximate surface area is 135 Å². The van der Waals surface area contributed by atoms with Crippen molar-refractivity contribution < 1.29 is 19.7 Å². The summed E-state index contributed by atoms with van der Waals surface area (Å²) < 4.78 is 5.08. The van der Waals surface area contributed by atoms with Crippen LogP contribution >= 0.6 is 0 Å². The number of aromatic hydroxyl groups is 2. The minimum absolute atomic E-state index is 0.0894. The third-order valence-electron chi connectivity index (χ3n) is 3.42. The third kappa shape index (κ3) is 3.80. The molecular weight excluding hydrogens is 294 g/mol. The van der Waals surface area contributed by atoms with E-state index in [2.05, 4.69) is 4.99 Å². The van der Waals surface area contributed by atoms with Crippen LogP contribution in [0.15, 0.2) is 29.3 Å². The molecule has 2 N–H and O–H groups in total. The molecule has 2 aromatic rings. The zero-order chi connectivity index (χ0) is 17.2. The van der Waals surface area contributed by atoms with Crippen molar-refractivity contribution in [3.8, 4) is 11.5 Å². The molecule has 0 aliphatic carbocycles. The van der Waals surface area contributed by atoms with Gasteiger partial charge in [0.15, 0.2) is 0 Å². The van der Waals surface area contributed by atoms with Crippen LogP contribution < -0.4 is 0 Å². The van der Waals surface area contributed by atoms with Crippen LogP contribution in [0.1, 0.15) is 31.9 Å². The molecule has 0 aliphatic heterocycles. The predicted octanol–water partition coefficient (Wildman–Crippen LogP) is 4.11. The van der Waals surface area contributed by atoms with Gasteiger partial charge in [-0.2, -0.15) is 4.99 Å². The fourth-order valence-corrected chi connectivity index (χ4v) is 2.33. The maximum absolute atomic E-state index is 11.6. The van der Waals surface area contributed by atoms with Crippen molar-refractivity contribution in [1.82, 2.24) is 0 Å². The molecule has 0 radical (unpaired) electrons. The van der Waals surface area contributed by atoms with E-state index in [1.807, 2.05) is 0 Å². The van der Waals surface area contributed by atoms with Crippen LogP contribution in [0.2, 0.25) is 0 Å². The molecule has 0 unspecified atom stereocenters. The first kappa shape index (κ1) is 16.8. The van der Waals surface area contributed by atoms with Crippen molar-refractivity contribution in [1.29, 1.82) is 0 Å². The van der Waals surface area contributed by atoms with Crippen molar-refractivity contribution in [3.63, 3.8) is 0 Å². The molecule has 0 atom stereocenters. The Bertz CT molecular complexity index is 773. The average Bonchev–Trinajstić information content (AvgIpc) is 2.46. The van der Waals surface area contributed by atoms with Crippen LogP contribution in [-0.4, -0.2) is 28.1 Å². The van der Waals surface area contributed by atoms with Gasteiger partial charge in [0.1, 0.15) is 17.1 Å². The second-order valence-electron chi connectivity index (χ2n) is 6.34. The van der Waals surface area contributed by atoms with Crippen molar-refractivity contribution in [2.45, 2.75) is 39.7 Å². The first-order chi connectivity index (χ1) is 10.7. The summed E-state index contributed by atoms with van der Waals surface area (Å²) in [6.07, 6.45) is 0.916. The molecular formula is C18H21NO4. The number of benzene rings is 2. The van der Waals surface area contributed by atoms with E-state index in [1.54, 1.807) is 52.0 Å². The second kappa shape index (κ2) is 6.28. The number of fused-ring (bicyclic) bond motifs is 1. The quantitative estimate of drug-likeness (QED) is 0.645. The van der Waals surface area contributed by atoms with E-state index in [1.165, 1.54) is 6.21 Å². The number of carbonyl (C=O) groups excluding carboxylic acids is 1. The van der Waals surface area contributed by atoms with Crippen LogP contribution in [0.4, 0.5) is 4.79 Å². The fraction of sp³-hybridized carbons (Fsp3) is 0.333. The fourth-order valence-electron chi connectivity index (χ4n) is 2.33. The zero-order valence-electron chi connectivity index (χ0n) is 13.8. The number of hydrogen-bond donors (Lipinski definition) is 2. The van der Waals surface area contributed by atoms with Gasteiger partial charge in [-0.3, -0.25) is 0 Å². The topological polar surface area (TPSA) is 79.1 Å². The molecule has 1 amide bonds. The molecule has 5 heteroatoms. The SMILES string of the molecule is Cc1c(C/C=N\C(=O)OC(C)(C)C)c(O)c2ccccc2c1O. The Morgan fingerprint density at radius 2 is 1.74 bits per heavy atom. The van der Waals surface area contributed by atoms with Gasteiger partial charge in [0, 0.05) is 29.0 Å². The number of nitrogens with zero attached hydrogens (tertiary/aromatic N) is 1. The van der Waals surface area contributed by atoms with Gasteiger partial charge in [-0.05, 0) is 33.3 Å². The number of carbonyl (C=O) groups is 1. The number of aliphatic imine (C=N–C) groups is 1. The lowest BCUT2D eigenvalue weighted by Crippen LogP contribution is -2.21. The van der Waals surface area contributed by atoms with E-state index < -0.39 is 11.7 Å². The molecule has 122 valence electrons. The van der Waals surface area contributed by atoms with Crippen LogP contribution in [0.3, 0.4) is 0 Å². The van der Waals surface area contributed by atoms with Gasteiger partial charge in [-0.15, -0.1) is 0 Å². The minimum Gasteiger partial charge on any atom is -0.507 e. The molecule has 0 saturated carbocycles. The molecule has 5 nitrogen and oxygen atoms in total. The van der Waals surface area contributed by atoms with Crippen LogP contribution in [0.5, 0.6) is 11.5 Å². The normalized spacial score (nSPS) is 12.0. The maximum atomic E-state index is 11.6. The Hall–Kier alpha value is -2.56. The van der Waals surface area contributed by atoms with Crippen molar-refractivity contribution in [2.75, 3.05) is 0 Å². The standard InChI is InChI=1S/C18H21NO4/c1-11-12(9-10-19-17(22)23-18(2,3)4)16(21)14-8-6-5-7-13(14)15(11)20/h5-8,10,20-21H,9H2,1-4H3/b19-10-. The Morgan fingerprint density at radius 1 is 1.17 bits per heavy atom. The van der Waals surface area contributed by atoms with E-state index in [0.717, 1.165) is 0 Å². The average molecular weight is 315 g/mol. The van der Waals surface area contributed by atoms with Crippen LogP contribution in [0, 0.1) is 6.92 Å². The molecule has 0 fully saturated rings. The summed E-state index contributed by atoms with van der Waals surface area (Å²) in [5, 5.41) is 21.9. The maximum Gasteiger partial charge on any atom is 0.433 e. The van der Waals surface area contributed by atoms with Crippen LogP contribution in [0.25, 0.3) is 10.8 Å². The summed E-state index contributed by atoms with van der Waals surface area (Å²) >= 11 is 0. The monoisotopic (exact) mass is 315 g/mol. The van der Waals surface area contributed by atoms with Gasteiger partial charge in [0.25, 0.3) is 0 Å². The summed E-state index contributed by atoms with van der Waals surface area (Å²) in [5.74, 6) is 0.214. The van der Waals surface area contributed by atoms with E-state index in [9.17, 15) is 15.0 Å². The highest BCUT2D eigenvalue weighted by Crippen LogP contribution is 2.38. The largest absolute Gasteiger partial charge is 0.507 e. The number of ether oxygens (including phenoxy) is 1. The van der Waals surface area contributed by atoms with Crippen LogP contribution in [-0.2, 0) is 11.2 Å². The van der Waals surface area contributed by atoms with Crippen molar-refractivity contribution in [3.05, 3.63) is 35.4 Å². The van der Waals surface area contributed by atoms with E-state index >= 15 is 0 Å². The van der Waals surface area contributed by atoms with Gasteiger partial charge in [-0.25, -0.2) is 4.79 Å². The molecule has 23 heavy (non-hydrogen) atoms. The minimum atomic E-state index is -0.681. The molecule has 2 aromatic carbocycles. The summed E-state index contributed by atoms with van der Waals surface area (Å²) in [6.45, 7) is 7.01. The van der Waals surface area contributed by atoms with E-state index in [0.29, 0.717) is 21.9 Å². The Kier molecular flexibility index (Phi) is 4.59. The van der Waals surface area contributed by atoms with Crippen molar-refractivity contribution >= 4 is 23.1 Å². The summed E-state index contributed by atoms with van der Waals surface area (Å²) in [4.78, 5) is 15.3. The molecule has 0 aliphatic rings. The number of phenols is 2. The lowest BCUT2D eigenvalue weighted by molar-refractivity contribution is 0.0605. The molecule has 0 spiro atoms. The highest BCUT2D eigenvalue weighted by atomic mass is 16.6. The first-order valence-electron chi connectivity index (χ1n) is 7.38. The molecule has 0 saturated heterocycles.